The molecule has 0 fully saturated rings. The Morgan fingerprint density at radius 2 is 1.85 bits per heavy atom. The number of carbonyl (C=O) groups excluding carboxylic acids is 1. The van der Waals surface area contributed by atoms with Crippen molar-refractivity contribution in [2.24, 2.45) is 0 Å². The highest BCUT2D eigenvalue weighted by Gasteiger charge is 2.13. The zero-order valence-electron chi connectivity index (χ0n) is 13.1. The van der Waals surface area contributed by atoms with E-state index in [1.54, 1.807) is 36.4 Å². The molecular formula is C16H11N7O3. The second-order valence-electron chi connectivity index (χ2n) is 5.40. The average molecular weight is 349 g/mol. The van der Waals surface area contributed by atoms with Crippen LogP contribution in [0.15, 0.2) is 58.4 Å². The topological polar surface area (TPSA) is 138 Å². The van der Waals surface area contributed by atoms with E-state index in [9.17, 15) is 14.4 Å². The molecule has 2 aromatic carbocycles. The second kappa shape index (κ2) is 6.09. The van der Waals surface area contributed by atoms with Crippen LogP contribution < -0.4 is 16.4 Å². The molecule has 0 spiro atoms. The Morgan fingerprint density at radius 3 is 2.65 bits per heavy atom. The molecule has 3 N–H and O–H groups in total. The SMILES string of the molecule is O=C(Nc1cccc2c(=O)[nH][nH]c(=O)c12)c1cccc(-n2cnnn2)c1. The number of aromatic nitrogens is 6. The maximum Gasteiger partial charge on any atom is 0.272 e. The summed E-state index contributed by atoms with van der Waals surface area (Å²) in [5.74, 6) is -0.438. The molecule has 0 atom stereocenters. The van der Waals surface area contributed by atoms with Gasteiger partial charge in [-0.2, -0.15) is 0 Å². The van der Waals surface area contributed by atoms with E-state index in [0.29, 0.717) is 11.3 Å². The number of nitrogens with zero attached hydrogens (tertiary/aromatic N) is 4. The van der Waals surface area contributed by atoms with Crippen molar-refractivity contribution in [3.05, 3.63) is 75.1 Å². The van der Waals surface area contributed by atoms with Gasteiger partial charge in [0.1, 0.15) is 6.33 Å². The third-order valence-corrected chi connectivity index (χ3v) is 3.80. The number of tetrazole rings is 1. The number of aromatic amines is 2. The molecule has 0 aliphatic carbocycles. The molecule has 0 saturated heterocycles. The Hall–Kier alpha value is -4.08. The average Bonchev–Trinajstić information content (AvgIpc) is 3.20. The maximum absolute atomic E-state index is 12.6. The van der Waals surface area contributed by atoms with Gasteiger partial charge in [0.05, 0.1) is 22.1 Å². The van der Waals surface area contributed by atoms with E-state index in [0.717, 1.165) is 0 Å². The minimum Gasteiger partial charge on any atom is -0.321 e. The Morgan fingerprint density at radius 1 is 1.04 bits per heavy atom. The second-order valence-corrected chi connectivity index (χ2v) is 5.40. The van der Waals surface area contributed by atoms with Crippen molar-refractivity contribution in [1.29, 1.82) is 0 Å². The van der Waals surface area contributed by atoms with Gasteiger partial charge in [-0.25, -0.2) is 4.68 Å². The first-order valence-electron chi connectivity index (χ1n) is 7.52. The third-order valence-electron chi connectivity index (χ3n) is 3.80. The number of anilines is 1. The fourth-order valence-electron chi connectivity index (χ4n) is 2.60. The summed E-state index contributed by atoms with van der Waals surface area (Å²) >= 11 is 0. The van der Waals surface area contributed by atoms with Gasteiger partial charge in [0.25, 0.3) is 17.0 Å². The van der Waals surface area contributed by atoms with E-state index in [2.05, 4.69) is 31.0 Å². The van der Waals surface area contributed by atoms with Crippen LogP contribution in [0.2, 0.25) is 0 Å². The summed E-state index contributed by atoms with van der Waals surface area (Å²) in [6.07, 6.45) is 1.41. The lowest BCUT2D eigenvalue weighted by Gasteiger charge is -2.08. The van der Waals surface area contributed by atoms with Gasteiger partial charge in [0.15, 0.2) is 0 Å². The molecule has 2 heterocycles. The van der Waals surface area contributed by atoms with Crippen molar-refractivity contribution in [3.63, 3.8) is 0 Å². The number of carbonyl (C=O) groups is 1. The monoisotopic (exact) mass is 349 g/mol. The fourth-order valence-corrected chi connectivity index (χ4v) is 2.60. The summed E-state index contributed by atoms with van der Waals surface area (Å²) in [7, 11) is 0. The van der Waals surface area contributed by atoms with Crippen LogP contribution in [0, 0.1) is 0 Å². The number of H-pyrrole nitrogens is 2. The molecule has 0 bridgehead atoms. The molecule has 1 amide bonds. The predicted octanol–water partition coefficient (Wildman–Crippen LogP) is 0.444. The van der Waals surface area contributed by atoms with Crippen molar-refractivity contribution in [2.45, 2.75) is 0 Å². The van der Waals surface area contributed by atoms with Crippen molar-refractivity contribution in [2.75, 3.05) is 5.32 Å². The third kappa shape index (κ3) is 2.65. The van der Waals surface area contributed by atoms with E-state index in [-0.39, 0.29) is 16.5 Å². The van der Waals surface area contributed by atoms with Crippen molar-refractivity contribution < 1.29 is 4.79 Å². The predicted molar refractivity (Wildman–Crippen MR) is 92.3 cm³/mol. The first kappa shape index (κ1) is 15.4. The Labute approximate surface area is 144 Å². The van der Waals surface area contributed by atoms with Gasteiger partial charge in [0.2, 0.25) is 0 Å². The van der Waals surface area contributed by atoms with Gasteiger partial charge in [-0.1, -0.05) is 12.1 Å². The zero-order valence-corrected chi connectivity index (χ0v) is 13.1. The first-order chi connectivity index (χ1) is 12.6. The highest BCUT2D eigenvalue weighted by atomic mass is 16.2. The summed E-state index contributed by atoms with van der Waals surface area (Å²) in [4.78, 5) is 36.5. The van der Waals surface area contributed by atoms with Gasteiger partial charge >= 0.3 is 0 Å². The number of benzene rings is 2. The van der Waals surface area contributed by atoms with Crippen LogP contribution in [-0.4, -0.2) is 36.3 Å². The molecule has 4 rings (SSSR count). The van der Waals surface area contributed by atoms with Crippen LogP contribution in [0.4, 0.5) is 5.69 Å². The lowest BCUT2D eigenvalue weighted by Crippen LogP contribution is -2.21. The van der Waals surface area contributed by atoms with Crippen molar-refractivity contribution in [1.82, 2.24) is 30.4 Å². The van der Waals surface area contributed by atoms with Crippen LogP contribution >= 0.6 is 0 Å². The summed E-state index contributed by atoms with van der Waals surface area (Å²) in [5, 5.41) is 18.4. The van der Waals surface area contributed by atoms with Crippen LogP contribution in [0.3, 0.4) is 0 Å². The molecule has 26 heavy (non-hydrogen) atoms. The first-order valence-corrected chi connectivity index (χ1v) is 7.52. The maximum atomic E-state index is 12.6. The summed E-state index contributed by atoms with van der Waals surface area (Å²) in [5.41, 5.74) is 0.244. The van der Waals surface area contributed by atoms with E-state index in [1.807, 2.05) is 0 Å². The summed E-state index contributed by atoms with van der Waals surface area (Å²) in [6.45, 7) is 0. The lowest BCUT2D eigenvalue weighted by molar-refractivity contribution is 0.102. The van der Waals surface area contributed by atoms with Crippen molar-refractivity contribution in [3.8, 4) is 5.69 Å². The number of rotatable bonds is 3. The molecule has 0 radical (unpaired) electrons. The van der Waals surface area contributed by atoms with Gasteiger partial charge < -0.3 is 5.32 Å². The molecule has 10 heteroatoms. The fraction of sp³-hybridized carbons (Fsp3) is 0. The molecule has 0 aliphatic rings. The van der Waals surface area contributed by atoms with Crippen LogP contribution in [0.25, 0.3) is 16.5 Å². The Bertz CT molecular complexity index is 1220. The molecule has 0 unspecified atom stereocenters. The van der Waals surface area contributed by atoms with Gasteiger partial charge in [-0.15, -0.1) is 5.10 Å². The van der Waals surface area contributed by atoms with Gasteiger partial charge in [-0.3, -0.25) is 24.6 Å². The van der Waals surface area contributed by atoms with Gasteiger partial charge in [-0.05, 0) is 40.8 Å². The Balaban J connectivity index is 1.73. The lowest BCUT2D eigenvalue weighted by atomic mass is 10.1. The van der Waals surface area contributed by atoms with Crippen LogP contribution in [-0.2, 0) is 0 Å². The number of fused-ring (bicyclic) bond motifs is 1. The minimum absolute atomic E-state index is 0.112. The Kier molecular flexibility index (Phi) is 3.62. The number of amides is 1. The minimum atomic E-state index is -0.502. The summed E-state index contributed by atoms with van der Waals surface area (Å²) < 4.78 is 1.42. The molecular weight excluding hydrogens is 338 g/mol. The molecule has 128 valence electrons. The number of hydrogen-bond acceptors (Lipinski definition) is 6. The molecule has 10 nitrogen and oxygen atoms in total. The smallest absolute Gasteiger partial charge is 0.272 e. The largest absolute Gasteiger partial charge is 0.321 e. The van der Waals surface area contributed by atoms with E-state index in [1.165, 1.54) is 17.1 Å². The molecule has 2 aromatic heterocycles. The van der Waals surface area contributed by atoms with Crippen molar-refractivity contribution >= 4 is 22.4 Å². The van der Waals surface area contributed by atoms with E-state index in [4.69, 9.17) is 0 Å². The number of nitrogens with one attached hydrogen (secondary N) is 3. The molecule has 4 aromatic rings. The zero-order chi connectivity index (χ0) is 18.1. The standard InChI is InChI=1S/C16H11N7O3/c24-14(9-3-1-4-10(7-9)23-8-17-21-22-23)18-12-6-2-5-11-13(12)16(26)20-19-15(11)25/h1-8H,(H,18,24)(H,19,25)(H,20,26). The van der Waals surface area contributed by atoms with Crippen LogP contribution in [0.1, 0.15) is 10.4 Å². The molecule has 0 aliphatic heterocycles. The van der Waals surface area contributed by atoms with Gasteiger partial charge in [0, 0.05) is 5.56 Å². The highest BCUT2D eigenvalue weighted by molar-refractivity contribution is 6.09. The number of hydrogen-bond donors (Lipinski definition) is 3. The molecule has 0 saturated carbocycles. The van der Waals surface area contributed by atoms with E-state index < -0.39 is 17.0 Å². The normalized spacial score (nSPS) is 10.8. The van der Waals surface area contributed by atoms with E-state index >= 15 is 0 Å². The summed E-state index contributed by atoms with van der Waals surface area (Å²) in [6, 6.07) is 11.3. The highest BCUT2D eigenvalue weighted by Crippen LogP contribution is 2.18. The quantitative estimate of drug-likeness (QED) is 0.491. The van der Waals surface area contributed by atoms with Crippen LogP contribution in [0.5, 0.6) is 0 Å².